The van der Waals surface area contributed by atoms with E-state index >= 15 is 0 Å². The van der Waals surface area contributed by atoms with Crippen molar-refractivity contribution in [3.8, 4) is 0 Å². The summed E-state index contributed by atoms with van der Waals surface area (Å²) in [5, 5.41) is 0.727. The number of halogens is 1. The number of anilines is 1. The summed E-state index contributed by atoms with van der Waals surface area (Å²) in [7, 11) is 0. The zero-order chi connectivity index (χ0) is 13.0. The average Bonchev–Trinajstić information content (AvgIpc) is 2.72. The van der Waals surface area contributed by atoms with E-state index in [1.54, 1.807) is 0 Å². The number of para-hydroxylation sites is 1. The van der Waals surface area contributed by atoms with E-state index in [9.17, 15) is 0 Å². The predicted molar refractivity (Wildman–Crippen MR) is 81.8 cm³/mol. The molecule has 0 radical (unpaired) electrons. The second kappa shape index (κ2) is 6.34. The first-order valence-electron chi connectivity index (χ1n) is 6.15. The smallest absolute Gasteiger partial charge is 0.196 e. The van der Waals surface area contributed by atoms with Gasteiger partial charge >= 0.3 is 0 Å². The molecular weight excluding hydrogens is 266 g/mol. The molecule has 0 aromatic heterocycles. The van der Waals surface area contributed by atoms with Crippen molar-refractivity contribution in [1.29, 1.82) is 0 Å². The highest BCUT2D eigenvalue weighted by Gasteiger charge is 2.28. The summed E-state index contributed by atoms with van der Waals surface area (Å²) in [6.07, 6.45) is 1.08. The van der Waals surface area contributed by atoms with Gasteiger partial charge in [0.05, 0.1) is 23.3 Å². The van der Waals surface area contributed by atoms with Crippen LogP contribution in [0.15, 0.2) is 29.3 Å². The summed E-state index contributed by atoms with van der Waals surface area (Å²) in [6, 6.07) is 8.13. The number of aliphatic imine (C=N–C) groups is 1. The fourth-order valence-electron chi connectivity index (χ4n) is 2.10. The Balaban J connectivity index is 2.12. The standard InChI is InChI=1S/C13H18ClN3S/c1-2-18-8-7-10-9-16-13(15)17(10)12-6-4-3-5-11(12)14/h3-6,10H,2,7-9H2,1H3,(H2,15,16). The van der Waals surface area contributed by atoms with Crippen LogP contribution >= 0.6 is 23.4 Å². The van der Waals surface area contributed by atoms with Crippen LogP contribution in [0.1, 0.15) is 13.3 Å². The third kappa shape index (κ3) is 2.93. The topological polar surface area (TPSA) is 41.6 Å². The Bertz CT molecular complexity index is 436. The van der Waals surface area contributed by atoms with Crippen molar-refractivity contribution in [2.75, 3.05) is 23.0 Å². The molecule has 98 valence electrons. The minimum Gasteiger partial charge on any atom is -0.370 e. The molecule has 0 bridgehead atoms. The molecule has 2 rings (SSSR count). The molecule has 0 aliphatic carbocycles. The van der Waals surface area contributed by atoms with Crippen molar-refractivity contribution in [3.05, 3.63) is 29.3 Å². The normalized spacial score (nSPS) is 19.1. The lowest BCUT2D eigenvalue weighted by molar-refractivity contribution is 0.690. The Morgan fingerprint density at radius 2 is 2.28 bits per heavy atom. The molecule has 5 heteroatoms. The Labute approximate surface area is 117 Å². The van der Waals surface area contributed by atoms with Crippen LogP contribution in [-0.4, -0.2) is 30.1 Å². The van der Waals surface area contributed by atoms with Crippen molar-refractivity contribution in [3.63, 3.8) is 0 Å². The van der Waals surface area contributed by atoms with Crippen LogP contribution in [0, 0.1) is 0 Å². The van der Waals surface area contributed by atoms with Crippen LogP contribution in [0.3, 0.4) is 0 Å². The van der Waals surface area contributed by atoms with Gasteiger partial charge < -0.3 is 10.6 Å². The molecule has 0 saturated carbocycles. The highest BCUT2D eigenvalue weighted by molar-refractivity contribution is 7.99. The van der Waals surface area contributed by atoms with Gasteiger partial charge in [0.15, 0.2) is 5.96 Å². The second-order valence-corrected chi connectivity index (χ2v) is 5.96. The van der Waals surface area contributed by atoms with Gasteiger partial charge in [-0.05, 0) is 30.1 Å². The largest absolute Gasteiger partial charge is 0.370 e. The maximum absolute atomic E-state index is 6.24. The Morgan fingerprint density at radius 3 is 3.00 bits per heavy atom. The number of hydrogen-bond donors (Lipinski definition) is 1. The van der Waals surface area contributed by atoms with Crippen LogP contribution in [-0.2, 0) is 0 Å². The van der Waals surface area contributed by atoms with Crippen LogP contribution < -0.4 is 10.6 Å². The fourth-order valence-corrected chi connectivity index (χ4v) is 3.05. The summed E-state index contributed by atoms with van der Waals surface area (Å²) in [4.78, 5) is 6.42. The Kier molecular flexibility index (Phi) is 4.78. The van der Waals surface area contributed by atoms with E-state index in [0.717, 1.165) is 35.2 Å². The molecule has 2 N–H and O–H groups in total. The van der Waals surface area contributed by atoms with Gasteiger partial charge in [-0.1, -0.05) is 30.7 Å². The molecule has 3 nitrogen and oxygen atoms in total. The third-order valence-corrected chi connectivity index (χ3v) is 4.24. The zero-order valence-corrected chi connectivity index (χ0v) is 12.0. The monoisotopic (exact) mass is 283 g/mol. The summed E-state index contributed by atoms with van der Waals surface area (Å²) < 4.78 is 0. The average molecular weight is 284 g/mol. The first kappa shape index (κ1) is 13.6. The summed E-state index contributed by atoms with van der Waals surface area (Å²) in [6.45, 7) is 2.94. The van der Waals surface area contributed by atoms with E-state index in [-0.39, 0.29) is 0 Å². The van der Waals surface area contributed by atoms with E-state index in [0.29, 0.717) is 12.0 Å². The number of guanidine groups is 1. The lowest BCUT2D eigenvalue weighted by Gasteiger charge is -2.27. The molecule has 0 fully saturated rings. The number of thioether (sulfide) groups is 1. The molecule has 1 aromatic rings. The minimum absolute atomic E-state index is 0.337. The maximum atomic E-state index is 6.24. The molecule has 0 amide bonds. The summed E-state index contributed by atoms with van der Waals surface area (Å²) in [5.41, 5.74) is 6.95. The van der Waals surface area contributed by atoms with Gasteiger partial charge in [-0.15, -0.1) is 0 Å². The highest BCUT2D eigenvalue weighted by Crippen LogP contribution is 2.30. The predicted octanol–water partition coefficient (Wildman–Crippen LogP) is 2.99. The van der Waals surface area contributed by atoms with E-state index < -0.39 is 0 Å². The van der Waals surface area contributed by atoms with Crippen molar-refractivity contribution < 1.29 is 0 Å². The zero-order valence-electron chi connectivity index (χ0n) is 10.5. The van der Waals surface area contributed by atoms with Crippen LogP contribution in [0.5, 0.6) is 0 Å². The van der Waals surface area contributed by atoms with E-state index in [4.69, 9.17) is 17.3 Å². The van der Waals surface area contributed by atoms with Gasteiger partial charge in [-0.2, -0.15) is 11.8 Å². The van der Waals surface area contributed by atoms with Gasteiger partial charge in [0.1, 0.15) is 0 Å². The van der Waals surface area contributed by atoms with Crippen molar-refractivity contribution in [2.24, 2.45) is 10.7 Å². The Hall–Kier alpha value is -0.870. The Morgan fingerprint density at radius 1 is 1.50 bits per heavy atom. The molecule has 1 atom stereocenters. The number of nitrogens with two attached hydrogens (primary N) is 1. The van der Waals surface area contributed by atoms with Crippen LogP contribution in [0.2, 0.25) is 5.02 Å². The lowest BCUT2D eigenvalue weighted by atomic mass is 10.2. The fraction of sp³-hybridized carbons (Fsp3) is 0.462. The molecule has 0 spiro atoms. The SMILES string of the molecule is CCSCCC1CN=C(N)N1c1ccccc1Cl. The number of benzene rings is 1. The number of rotatable bonds is 5. The van der Waals surface area contributed by atoms with Gasteiger partial charge in [-0.25, -0.2) is 0 Å². The van der Waals surface area contributed by atoms with Crippen LogP contribution in [0.4, 0.5) is 5.69 Å². The second-order valence-electron chi connectivity index (χ2n) is 4.16. The van der Waals surface area contributed by atoms with Crippen molar-refractivity contribution >= 4 is 35.0 Å². The first-order valence-corrected chi connectivity index (χ1v) is 7.68. The highest BCUT2D eigenvalue weighted by atomic mass is 35.5. The maximum Gasteiger partial charge on any atom is 0.196 e. The van der Waals surface area contributed by atoms with Crippen LogP contribution in [0.25, 0.3) is 0 Å². The molecule has 18 heavy (non-hydrogen) atoms. The number of hydrogen-bond acceptors (Lipinski definition) is 4. The molecule has 1 aliphatic rings. The number of nitrogens with zero attached hydrogens (tertiary/aromatic N) is 2. The van der Waals surface area contributed by atoms with Gasteiger partial charge in [0, 0.05) is 0 Å². The van der Waals surface area contributed by atoms with E-state index in [1.165, 1.54) is 0 Å². The quantitative estimate of drug-likeness (QED) is 0.845. The molecular formula is C13H18ClN3S. The molecule has 1 aromatic carbocycles. The summed E-state index contributed by atoms with van der Waals surface area (Å²) in [5.74, 6) is 2.86. The van der Waals surface area contributed by atoms with E-state index in [2.05, 4.69) is 16.8 Å². The van der Waals surface area contributed by atoms with Crippen molar-refractivity contribution in [2.45, 2.75) is 19.4 Å². The van der Waals surface area contributed by atoms with Gasteiger partial charge in [0.2, 0.25) is 0 Å². The summed E-state index contributed by atoms with van der Waals surface area (Å²) >= 11 is 8.19. The molecule has 1 unspecified atom stereocenters. The molecule has 1 aliphatic heterocycles. The van der Waals surface area contributed by atoms with Gasteiger partial charge in [-0.3, -0.25) is 4.99 Å². The van der Waals surface area contributed by atoms with Crippen molar-refractivity contribution in [1.82, 2.24) is 0 Å². The third-order valence-electron chi connectivity index (χ3n) is 2.99. The first-order chi connectivity index (χ1) is 8.74. The minimum atomic E-state index is 0.337. The molecule has 0 saturated heterocycles. The van der Waals surface area contributed by atoms with E-state index in [1.807, 2.05) is 36.0 Å². The van der Waals surface area contributed by atoms with Gasteiger partial charge in [0.25, 0.3) is 0 Å². The lowest BCUT2D eigenvalue weighted by Crippen LogP contribution is -2.41. The molecule has 1 heterocycles.